The largest absolute Gasteiger partial charge is 0.480 e. The number of rotatable bonds is 10. The van der Waals surface area contributed by atoms with Crippen LogP contribution >= 0.6 is 0 Å². The van der Waals surface area contributed by atoms with Crippen molar-refractivity contribution >= 4 is 28.6 Å². The number of alkyl halides is 3. The van der Waals surface area contributed by atoms with E-state index in [1.807, 2.05) is 13.1 Å². The van der Waals surface area contributed by atoms with E-state index in [-0.39, 0.29) is 6.42 Å². The van der Waals surface area contributed by atoms with Crippen LogP contribution in [0.4, 0.5) is 13.2 Å². The number of halogens is 3. The number of hydrogen-bond acceptors (Lipinski definition) is 6. The lowest BCUT2D eigenvalue weighted by molar-refractivity contribution is -0.0425. The van der Waals surface area contributed by atoms with Crippen molar-refractivity contribution in [3.05, 3.63) is 4.13 Å². The van der Waals surface area contributed by atoms with Gasteiger partial charge in [-0.1, -0.05) is 12.8 Å². The lowest BCUT2D eigenvalue weighted by atomic mass is 10.3. The lowest BCUT2D eigenvalue weighted by Gasteiger charge is -2.21. The molecule has 0 radical (unpaired) electrons. The van der Waals surface area contributed by atoms with Gasteiger partial charge in [-0.05, 0) is 25.6 Å². The van der Waals surface area contributed by atoms with Crippen LogP contribution in [0.1, 0.15) is 19.3 Å². The normalized spacial score (nSPS) is 14.3. The molecule has 0 heterocycles. The molecule has 0 aromatic rings. The number of unbranched alkanes of at least 4 members (excludes halogenated alkanes) is 2. The second kappa shape index (κ2) is 8.05. The minimum absolute atomic E-state index is 0.245. The van der Waals surface area contributed by atoms with Crippen LogP contribution in [0, 0.1) is 0 Å². The van der Waals surface area contributed by atoms with Gasteiger partial charge in [0.05, 0.1) is 6.61 Å². The quantitative estimate of drug-likeness (QED) is 0.422. The van der Waals surface area contributed by atoms with Gasteiger partial charge in [0.25, 0.3) is 0 Å². The first-order valence-corrected chi connectivity index (χ1v) is 12.1. The van der Waals surface area contributed by atoms with E-state index in [4.69, 9.17) is 4.43 Å². The Kier molecular flexibility index (Phi) is 7.98. The van der Waals surface area contributed by atoms with Crippen molar-refractivity contribution in [3.63, 3.8) is 0 Å². The SMILES string of the molecule is CO[Si](C)(C)CCCCCOS(=O)(=O)[N-]S(=O)(=O)C(F)(F)F. The average Bonchev–Trinajstić information content (AvgIpc) is 2.30. The molecular formula is C9H19F3NO6S2Si-. The molecule has 22 heavy (non-hydrogen) atoms. The van der Waals surface area contributed by atoms with Crippen molar-refractivity contribution < 1.29 is 38.6 Å². The summed E-state index contributed by atoms with van der Waals surface area (Å²) in [7, 11) is -11.4. The Morgan fingerprint density at radius 2 is 1.59 bits per heavy atom. The van der Waals surface area contributed by atoms with E-state index < -0.39 is 40.8 Å². The van der Waals surface area contributed by atoms with E-state index in [1.54, 1.807) is 11.2 Å². The zero-order chi connectivity index (χ0) is 17.7. The number of nitrogens with zero attached hydrogens (tertiary/aromatic N) is 1. The second-order valence-corrected chi connectivity index (χ2v) is 12.5. The molecule has 0 spiro atoms. The highest BCUT2D eigenvalue weighted by atomic mass is 32.3. The molecule has 0 aromatic heterocycles. The van der Waals surface area contributed by atoms with Crippen LogP contribution in [-0.2, 0) is 28.9 Å². The maximum absolute atomic E-state index is 12.0. The van der Waals surface area contributed by atoms with Crippen molar-refractivity contribution in [2.45, 2.75) is 43.9 Å². The molecule has 134 valence electrons. The summed E-state index contributed by atoms with van der Waals surface area (Å²) < 4.78 is 90.4. The first-order valence-electron chi connectivity index (χ1n) is 6.22. The lowest BCUT2D eigenvalue weighted by Crippen LogP contribution is -2.27. The van der Waals surface area contributed by atoms with Crippen LogP contribution in [0.15, 0.2) is 0 Å². The predicted octanol–water partition coefficient (Wildman–Crippen LogP) is 2.49. The molecular weight excluding hydrogens is 367 g/mol. The molecule has 0 saturated carbocycles. The second-order valence-electron chi connectivity index (χ2n) is 5.02. The van der Waals surface area contributed by atoms with E-state index in [0.717, 1.165) is 12.5 Å². The van der Waals surface area contributed by atoms with Gasteiger partial charge in [-0.3, -0.25) is 4.18 Å². The molecule has 0 unspecified atom stereocenters. The van der Waals surface area contributed by atoms with Gasteiger partial charge < -0.3 is 8.55 Å². The van der Waals surface area contributed by atoms with Gasteiger partial charge in [0.15, 0.2) is 18.3 Å². The Balaban J connectivity index is 4.17. The van der Waals surface area contributed by atoms with Gasteiger partial charge in [0.1, 0.15) is 0 Å². The van der Waals surface area contributed by atoms with Gasteiger partial charge in [-0.15, -0.1) is 0 Å². The fourth-order valence-electron chi connectivity index (χ4n) is 1.28. The third-order valence-corrected chi connectivity index (χ3v) is 7.92. The molecule has 0 bridgehead atoms. The first-order chi connectivity index (χ1) is 9.72. The van der Waals surface area contributed by atoms with Gasteiger partial charge in [-0.25, -0.2) is 16.8 Å². The molecule has 0 atom stereocenters. The minimum Gasteiger partial charge on any atom is -0.420 e. The topological polar surface area (TPSA) is 101 Å². The monoisotopic (exact) mass is 386 g/mol. The Morgan fingerprint density at radius 1 is 1.05 bits per heavy atom. The zero-order valence-electron chi connectivity index (χ0n) is 12.4. The smallest absolute Gasteiger partial charge is 0.420 e. The van der Waals surface area contributed by atoms with Gasteiger partial charge in [-0.2, -0.15) is 13.2 Å². The minimum atomic E-state index is -6.12. The molecule has 0 saturated heterocycles. The standard InChI is InChI=1S/C9H19F3NO6S2Si/c1-18-22(2,3)8-6-4-5-7-19-21(16,17)13-20(14,15)9(10,11)12/h4-8H2,1-3H3/q-1. The molecule has 13 heteroatoms. The van der Waals surface area contributed by atoms with Crippen molar-refractivity contribution in [3.8, 4) is 0 Å². The molecule has 0 aliphatic carbocycles. The van der Waals surface area contributed by atoms with Crippen molar-refractivity contribution in [1.82, 2.24) is 0 Å². The summed E-state index contributed by atoms with van der Waals surface area (Å²) in [5.74, 6) is 0. The van der Waals surface area contributed by atoms with E-state index >= 15 is 0 Å². The van der Waals surface area contributed by atoms with E-state index in [1.165, 1.54) is 0 Å². The molecule has 0 aromatic carbocycles. The first kappa shape index (κ1) is 21.8. The highest BCUT2D eigenvalue weighted by Crippen LogP contribution is 2.30. The molecule has 0 aliphatic heterocycles. The van der Waals surface area contributed by atoms with E-state index in [9.17, 15) is 30.0 Å². The Morgan fingerprint density at radius 3 is 2.05 bits per heavy atom. The molecule has 7 nitrogen and oxygen atoms in total. The van der Waals surface area contributed by atoms with Crippen molar-refractivity contribution in [2.24, 2.45) is 0 Å². The molecule has 0 amide bonds. The maximum Gasteiger partial charge on any atom is 0.480 e. The third-order valence-electron chi connectivity index (χ3n) is 2.69. The van der Waals surface area contributed by atoms with Crippen LogP contribution < -0.4 is 0 Å². The average molecular weight is 386 g/mol. The Labute approximate surface area is 129 Å². The number of hydrogen-bond donors (Lipinski definition) is 0. The molecule has 0 fully saturated rings. The Bertz CT molecular complexity index is 546. The third kappa shape index (κ3) is 8.43. The summed E-state index contributed by atoms with van der Waals surface area (Å²) in [6, 6.07) is 0.836. The van der Waals surface area contributed by atoms with Gasteiger partial charge in [0.2, 0.25) is 10.3 Å². The van der Waals surface area contributed by atoms with Crippen LogP contribution in [0.3, 0.4) is 0 Å². The molecule has 0 rings (SSSR count). The molecule has 0 N–H and O–H groups in total. The zero-order valence-corrected chi connectivity index (χ0v) is 15.0. The van der Waals surface area contributed by atoms with Crippen molar-refractivity contribution in [1.29, 1.82) is 0 Å². The summed E-state index contributed by atoms with van der Waals surface area (Å²) in [4.78, 5) is 0. The van der Waals surface area contributed by atoms with Crippen LogP contribution in [0.5, 0.6) is 0 Å². The van der Waals surface area contributed by atoms with Gasteiger partial charge in [0, 0.05) is 7.11 Å². The number of sulfonamides is 1. The highest BCUT2D eigenvalue weighted by Gasteiger charge is 2.40. The van der Waals surface area contributed by atoms with Crippen molar-refractivity contribution in [2.75, 3.05) is 13.7 Å². The highest BCUT2D eigenvalue weighted by molar-refractivity contribution is 8.10. The van der Waals surface area contributed by atoms with Gasteiger partial charge >= 0.3 is 5.51 Å². The summed E-state index contributed by atoms with van der Waals surface area (Å²) in [5, 5.41) is 0. The predicted molar refractivity (Wildman–Crippen MR) is 76.4 cm³/mol. The fraction of sp³-hybridized carbons (Fsp3) is 1.00. The Hall–Kier alpha value is -0.213. The summed E-state index contributed by atoms with van der Waals surface area (Å²) in [6.07, 6.45) is 1.56. The summed E-state index contributed by atoms with van der Waals surface area (Å²) in [6.45, 7) is 3.58. The molecule has 0 aliphatic rings. The van der Waals surface area contributed by atoms with Crippen LogP contribution in [0.25, 0.3) is 4.13 Å². The van der Waals surface area contributed by atoms with Crippen LogP contribution in [-0.4, -0.2) is 44.4 Å². The maximum atomic E-state index is 12.0. The summed E-state index contributed by atoms with van der Waals surface area (Å²) >= 11 is 0. The summed E-state index contributed by atoms with van der Waals surface area (Å²) in [5.41, 5.74) is -5.78. The van der Waals surface area contributed by atoms with E-state index in [2.05, 4.69) is 4.18 Å². The fourth-order valence-corrected chi connectivity index (χ4v) is 4.39. The van der Waals surface area contributed by atoms with E-state index in [0.29, 0.717) is 6.42 Å². The van der Waals surface area contributed by atoms with Crippen LogP contribution in [0.2, 0.25) is 19.1 Å².